The van der Waals surface area contributed by atoms with E-state index in [1.807, 2.05) is 13.8 Å². The van der Waals surface area contributed by atoms with Crippen LogP contribution in [0.3, 0.4) is 0 Å². The summed E-state index contributed by atoms with van der Waals surface area (Å²) in [5.41, 5.74) is 2.79. The molecule has 0 saturated heterocycles. The molecule has 1 aliphatic rings. The Kier molecular flexibility index (Phi) is 3.60. The van der Waals surface area contributed by atoms with Crippen molar-refractivity contribution in [3.8, 4) is 11.5 Å². The van der Waals surface area contributed by atoms with Gasteiger partial charge >= 0.3 is 0 Å². The Morgan fingerprint density at radius 2 is 1.65 bits per heavy atom. The number of fused-ring (bicyclic) bond motifs is 1. The molecular formula is C15H22O2. The minimum absolute atomic E-state index is 0.184. The normalized spacial score (nSPS) is 14.2. The van der Waals surface area contributed by atoms with Crippen LogP contribution in [0, 0.1) is 0 Å². The Hall–Kier alpha value is -1.18. The van der Waals surface area contributed by atoms with Crippen LogP contribution in [0.1, 0.15) is 45.2 Å². The molecule has 0 aliphatic heterocycles. The van der Waals surface area contributed by atoms with Crippen molar-refractivity contribution in [3.63, 3.8) is 0 Å². The van der Waals surface area contributed by atoms with Crippen molar-refractivity contribution in [3.05, 3.63) is 23.3 Å². The predicted octanol–water partition coefficient (Wildman–Crippen LogP) is 3.75. The number of aryl methyl sites for hydroxylation is 1. The molecule has 94 valence electrons. The summed E-state index contributed by atoms with van der Waals surface area (Å²) in [4.78, 5) is 0. The lowest BCUT2D eigenvalue weighted by molar-refractivity contribution is 0.197. The molecule has 2 rings (SSSR count). The third kappa shape index (κ3) is 2.74. The summed E-state index contributed by atoms with van der Waals surface area (Å²) in [5, 5.41) is 0. The zero-order valence-corrected chi connectivity index (χ0v) is 11.2. The Morgan fingerprint density at radius 3 is 2.29 bits per heavy atom. The summed E-state index contributed by atoms with van der Waals surface area (Å²) in [6, 6.07) is 4.25. The molecule has 2 nitrogen and oxygen atoms in total. The van der Waals surface area contributed by atoms with Crippen LogP contribution in [0.5, 0.6) is 11.5 Å². The predicted molar refractivity (Wildman–Crippen MR) is 70.0 cm³/mol. The van der Waals surface area contributed by atoms with E-state index in [1.165, 1.54) is 24.0 Å². The van der Waals surface area contributed by atoms with Crippen molar-refractivity contribution in [2.45, 2.75) is 59.2 Å². The molecule has 0 atom stereocenters. The fraction of sp³-hybridized carbons (Fsp3) is 0.600. The quantitative estimate of drug-likeness (QED) is 0.790. The summed E-state index contributed by atoms with van der Waals surface area (Å²) in [5.74, 6) is 1.87. The molecule has 0 fully saturated rings. The van der Waals surface area contributed by atoms with Gasteiger partial charge in [0.2, 0.25) is 0 Å². The van der Waals surface area contributed by atoms with Crippen LogP contribution in [0.2, 0.25) is 0 Å². The molecule has 0 amide bonds. The molecule has 0 bridgehead atoms. The van der Waals surface area contributed by atoms with Gasteiger partial charge in [-0.15, -0.1) is 0 Å². The summed E-state index contributed by atoms with van der Waals surface area (Å²) < 4.78 is 11.8. The molecule has 17 heavy (non-hydrogen) atoms. The van der Waals surface area contributed by atoms with Crippen molar-refractivity contribution in [2.24, 2.45) is 0 Å². The summed E-state index contributed by atoms with van der Waals surface area (Å²) in [6.45, 7) is 8.22. The highest BCUT2D eigenvalue weighted by Gasteiger charge is 2.21. The zero-order valence-electron chi connectivity index (χ0n) is 11.2. The van der Waals surface area contributed by atoms with Crippen LogP contribution in [-0.2, 0) is 12.8 Å². The Morgan fingerprint density at radius 1 is 0.941 bits per heavy atom. The Bertz CT molecular complexity index is 394. The molecule has 0 radical (unpaired) electrons. The van der Waals surface area contributed by atoms with E-state index in [0.717, 1.165) is 17.9 Å². The van der Waals surface area contributed by atoms with Gasteiger partial charge in [0.25, 0.3) is 0 Å². The average molecular weight is 234 g/mol. The molecule has 1 aliphatic carbocycles. The van der Waals surface area contributed by atoms with Gasteiger partial charge in [-0.3, -0.25) is 0 Å². The van der Waals surface area contributed by atoms with Gasteiger partial charge in [-0.05, 0) is 58.6 Å². The number of ether oxygens (including phenoxy) is 2. The summed E-state index contributed by atoms with van der Waals surface area (Å²) in [7, 11) is 0. The third-order valence-corrected chi connectivity index (χ3v) is 2.91. The molecule has 0 unspecified atom stereocenters. The van der Waals surface area contributed by atoms with E-state index in [9.17, 15) is 0 Å². The first kappa shape index (κ1) is 12.3. The third-order valence-electron chi connectivity index (χ3n) is 2.91. The minimum atomic E-state index is 0.184. The van der Waals surface area contributed by atoms with E-state index in [-0.39, 0.29) is 12.2 Å². The lowest BCUT2D eigenvalue weighted by Gasteiger charge is -2.20. The topological polar surface area (TPSA) is 18.5 Å². The SMILES string of the molecule is CC(C)Oc1ccc2c(c1OC(C)C)CCC2. The number of benzene rings is 1. The first-order valence-corrected chi connectivity index (χ1v) is 6.56. The first-order valence-electron chi connectivity index (χ1n) is 6.56. The van der Waals surface area contributed by atoms with Crippen LogP contribution in [0.25, 0.3) is 0 Å². The molecule has 1 aromatic rings. The van der Waals surface area contributed by atoms with E-state index in [4.69, 9.17) is 9.47 Å². The second-order valence-corrected chi connectivity index (χ2v) is 5.22. The van der Waals surface area contributed by atoms with E-state index < -0.39 is 0 Å². The van der Waals surface area contributed by atoms with Crippen molar-refractivity contribution >= 4 is 0 Å². The second kappa shape index (κ2) is 4.99. The summed E-state index contributed by atoms with van der Waals surface area (Å²) in [6.07, 6.45) is 3.90. The van der Waals surface area contributed by atoms with E-state index in [2.05, 4.69) is 26.0 Å². The van der Waals surface area contributed by atoms with Gasteiger partial charge in [-0.25, -0.2) is 0 Å². The van der Waals surface area contributed by atoms with Crippen molar-refractivity contribution in [1.82, 2.24) is 0 Å². The fourth-order valence-corrected chi connectivity index (χ4v) is 2.32. The van der Waals surface area contributed by atoms with Crippen molar-refractivity contribution in [1.29, 1.82) is 0 Å². The Labute approximate surface area is 104 Å². The first-order chi connectivity index (χ1) is 8.08. The van der Waals surface area contributed by atoms with Gasteiger partial charge < -0.3 is 9.47 Å². The van der Waals surface area contributed by atoms with E-state index in [1.54, 1.807) is 0 Å². The smallest absolute Gasteiger partial charge is 0.165 e. The monoisotopic (exact) mass is 234 g/mol. The van der Waals surface area contributed by atoms with Crippen LogP contribution in [0.4, 0.5) is 0 Å². The average Bonchev–Trinajstić information content (AvgIpc) is 2.68. The molecular weight excluding hydrogens is 212 g/mol. The van der Waals surface area contributed by atoms with Crippen molar-refractivity contribution in [2.75, 3.05) is 0 Å². The largest absolute Gasteiger partial charge is 0.487 e. The van der Waals surface area contributed by atoms with Gasteiger partial charge in [-0.2, -0.15) is 0 Å². The maximum atomic E-state index is 5.96. The highest BCUT2D eigenvalue weighted by Crippen LogP contribution is 2.39. The highest BCUT2D eigenvalue weighted by atomic mass is 16.5. The highest BCUT2D eigenvalue weighted by molar-refractivity contribution is 5.52. The maximum absolute atomic E-state index is 5.96. The van der Waals surface area contributed by atoms with Crippen LogP contribution in [-0.4, -0.2) is 12.2 Å². The van der Waals surface area contributed by atoms with Gasteiger partial charge in [0.05, 0.1) is 12.2 Å². The molecule has 0 heterocycles. The van der Waals surface area contributed by atoms with Gasteiger partial charge in [0.1, 0.15) is 0 Å². The standard InChI is InChI=1S/C15H22O2/c1-10(2)16-14-9-8-12-6-5-7-13(12)15(14)17-11(3)4/h8-11H,5-7H2,1-4H3. The molecule has 0 saturated carbocycles. The molecule has 1 aromatic carbocycles. The molecule has 0 N–H and O–H groups in total. The lowest BCUT2D eigenvalue weighted by Crippen LogP contribution is -2.12. The van der Waals surface area contributed by atoms with Crippen molar-refractivity contribution < 1.29 is 9.47 Å². The van der Waals surface area contributed by atoms with Gasteiger partial charge in [0.15, 0.2) is 11.5 Å². The molecule has 2 heteroatoms. The molecule has 0 spiro atoms. The Balaban J connectivity index is 2.37. The van der Waals surface area contributed by atoms with Gasteiger partial charge in [-0.1, -0.05) is 6.07 Å². The second-order valence-electron chi connectivity index (χ2n) is 5.22. The number of rotatable bonds is 4. The lowest BCUT2D eigenvalue weighted by atomic mass is 10.1. The molecule has 0 aromatic heterocycles. The van der Waals surface area contributed by atoms with Gasteiger partial charge in [0, 0.05) is 5.56 Å². The van der Waals surface area contributed by atoms with Crippen LogP contribution < -0.4 is 9.47 Å². The minimum Gasteiger partial charge on any atom is -0.487 e. The summed E-state index contributed by atoms with van der Waals surface area (Å²) >= 11 is 0. The van der Waals surface area contributed by atoms with Crippen LogP contribution in [0.15, 0.2) is 12.1 Å². The number of hydrogen-bond acceptors (Lipinski definition) is 2. The zero-order chi connectivity index (χ0) is 12.4. The van der Waals surface area contributed by atoms with Crippen LogP contribution >= 0.6 is 0 Å². The number of hydrogen-bond donors (Lipinski definition) is 0. The fourth-order valence-electron chi connectivity index (χ4n) is 2.32. The van der Waals surface area contributed by atoms with E-state index in [0.29, 0.717) is 0 Å². The maximum Gasteiger partial charge on any atom is 0.165 e. The van der Waals surface area contributed by atoms with E-state index >= 15 is 0 Å².